The van der Waals surface area contributed by atoms with Gasteiger partial charge in [-0.15, -0.1) is 0 Å². The van der Waals surface area contributed by atoms with Gasteiger partial charge in [0.05, 0.1) is 23.7 Å². The van der Waals surface area contributed by atoms with Crippen LogP contribution in [0.25, 0.3) is 0 Å². The second kappa shape index (κ2) is 5.27. The fraction of sp³-hybridized carbons (Fsp3) is 0.0833. The molecule has 1 aromatic carbocycles. The number of rotatable bonds is 2. The molecule has 0 unspecified atom stereocenters. The van der Waals surface area contributed by atoms with Gasteiger partial charge in [0.25, 0.3) is 5.91 Å². The van der Waals surface area contributed by atoms with Crippen molar-refractivity contribution in [3.63, 3.8) is 0 Å². The second-order valence-electron chi connectivity index (χ2n) is 4.01. The van der Waals surface area contributed by atoms with Gasteiger partial charge in [0.15, 0.2) is 0 Å². The largest absolute Gasteiger partial charge is 0.417 e. The van der Waals surface area contributed by atoms with Crippen LogP contribution in [0.1, 0.15) is 15.9 Å². The third-order valence-electron chi connectivity index (χ3n) is 2.63. The fourth-order valence-electron chi connectivity index (χ4n) is 1.76. The van der Waals surface area contributed by atoms with Crippen molar-refractivity contribution >= 4 is 17.7 Å². The Morgan fingerprint density at radius 2 is 2.00 bits per heavy atom. The Hall–Kier alpha value is -2.84. The first-order valence-corrected chi connectivity index (χ1v) is 5.65. The molecule has 110 valence electrons. The number of aromatic amines is 1. The number of nitrogens with two attached hydrogens (primary N) is 1. The van der Waals surface area contributed by atoms with E-state index in [-0.39, 0.29) is 5.82 Å². The second-order valence-corrected chi connectivity index (χ2v) is 4.01. The molecule has 0 aliphatic carbocycles. The number of amides is 1. The molecular weight excluding hydrogens is 287 g/mol. The van der Waals surface area contributed by atoms with Gasteiger partial charge in [-0.3, -0.25) is 10.2 Å². The molecule has 6 nitrogen and oxygen atoms in total. The topological polar surface area (TPSA) is 98.9 Å². The van der Waals surface area contributed by atoms with Crippen molar-refractivity contribution in [3.8, 4) is 0 Å². The number of aromatic nitrogens is 2. The molecule has 0 atom stereocenters. The number of carbonyl (C=O) groups is 1. The Labute approximate surface area is 116 Å². The molecule has 0 saturated heterocycles. The highest BCUT2D eigenvalue weighted by Crippen LogP contribution is 2.32. The predicted molar refractivity (Wildman–Crippen MR) is 68.8 cm³/mol. The Balaban J connectivity index is 2.51. The Kier molecular flexibility index (Phi) is 3.66. The first kappa shape index (κ1) is 14.6. The number of H-pyrrole nitrogens is 1. The SMILES string of the molecule is N=C(N)N(C(=O)c1ccccc1C(F)(F)F)c1cnc[nH]1. The molecule has 21 heavy (non-hydrogen) atoms. The normalized spacial score (nSPS) is 11.2. The molecule has 0 spiro atoms. The average Bonchev–Trinajstić information content (AvgIpc) is 2.91. The van der Waals surface area contributed by atoms with Crippen molar-refractivity contribution in [2.75, 3.05) is 4.90 Å². The van der Waals surface area contributed by atoms with Gasteiger partial charge in [-0.2, -0.15) is 13.2 Å². The zero-order chi connectivity index (χ0) is 15.6. The summed E-state index contributed by atoms with van der Waals surface area (Å²) in [5.41, 5.74) is 3.59. The molecule has 1 aromatic heterocycles. The van der Waals surface area contributed by atoms with Crippen molar-refractivity contribution in [2.45, 2.75) is 6.18 Å². The van der Waals surface area contributed by atoms with E-state index in [1.807, 2.05) is 0 Å². The van der Waals surface area contributed by atoms with Crippen LogP contribution in [-0.4, -0.2) is 21.8 Å². The van der Waals surface area contributed by atoms with E-state index < -0.39 is 29.2 Å². The quantitative estimate of drug-likeness (QED) is 0.583. The van der Waals surface area contributed by atoms with Gasteiger partial charge in [-0.25, -0.2) is 9.88 Å². The number of carbonyl (C=O) groups excluding carboxylic acids is 1. The zero-order valence-corrected chi connectivity index (χ0v) is 10.5. The van der Waals surface area contributed by atoms with E-state index >= 15 is 0 Å². The van der Waals surface area contributed by atoms with Crippen LogP contribution in [0.2, 0.25) is 0 Å². The summed E-state index contributed by atoms with van der Waals surface area (Å²) in [6.45, 7) is 0. The van der Waals surface area contributed by atoms with Gasteiger partial charge in [-0.1, -0.05) is 12.1 Å². The number of alkyl halides is 3. The van der Waals surface area contributed by atoms with E-state index in [0.29, 0.717) is 4.90 Å². The van der Waals surface area contributed by atoms with E-state index in [0.717, 1.165) is 12.1 Å². The first-order valence-electron chi connectivity index (χ1n) is 5.65. The van der Waals surface area contributed by atoms with Gasteiger partial charge in [0, 0.05) is 0 Å². The molecule has 0 radical (unpaired) electrons. The van der Waals surface area contributed by atoms with E-state index in [9.17, 15) is 18.0 Å². The van der Waals surface area contributed by atoms with Crippen LogP contribution >= 0.6 is 0 Å². The predicted octanol–water partition coefficient (Wildman–Crippen LogP) is 1.97. The smallest absolute Gasteiger partial charge is 0.369 e. The van der Waals surface area contributed by atoms with Crippen molar-refractivity contribution < 1.29 is 18.0 Å². The highest BCUT2D eigenvalue weighted by Gasteiger charge is 2.36. The van der Waals surface area contributed by atoms with Gasteiger partial charge < -0.3 is 10.7 Å². The number of hydrogen-bond acceptors (Lipinski definition) is 3. The lowest BCUT2D eigenvalue weighted by Crippen LogP contribution is -2.42. The van der Waals surface area contributed by atoms with Crippen molar-refractivity contribution in [1.82, 2.24) is 9.97 Å². The Morgan fingerprint density at radius 3 is 2.52 bits per heavy atom. The number of guanidine groups is 1. The van der Waals surface area contributed by atoms with Crippen LogP contribution in [0.15, 0.2) is 36.8 Å². The number of anilines is 1. The molecule has 1 amide bonds. The van der Waals surface area contributed by atoms with E-state index in [2.05, 4.69) is 9.97 Å². The molecule has 0 fully saturated rings. The van der Waals surface area contributed by atoms with Gasteiger partial charge in [0.2, 0.25) is 5.96 Å². The number of hydrogen-bond donors (Lipinski definition) is 3. The van der Waals surface area contributed by atoms with Crippen LogP contribution in [0.4, 0.5) is 19.0 Å². The van der Waals surface area contributed by atoms with Crippen LogP contribution in [0, 0.1) is 5.41 Å². The summed E-state index contributed by atoms with van der Waals surface area (Å²) in [6, 6.07) is 4.29. The maximum atomic E-state index is 12.9. The van der Waals surface area contributed by atoms with Crippen LogP contribution in [0.5, 0.6) is 0 Å². The molecule has 9 heteroatoms. The van der Waals surface area contributed by atoms with Crippen LogP contribution < -0.4 is 10.6 Å². The molecule has 2 aromatic rings. The first-order chi connectivity index (χ1) is 9.82. The molecular formula is C12H10F3N5O. The summed E-state index contributed by atoms with van der Waals surface area (Å²) in [5.74, 6) is -1.79. The molecule has 1 heterocycles. The lowest BCUT2D eigenvalue weighted by atomic mass is 10.1. The summed E-state index contributed by atoms with van der Waals surface area (Å²) < 4.78 is 38.8. The number of nitrogens with zero attached hydrogens (tertiary/aromatic N) is 2. The third kappa shape index (κ3) is 2.86. The lowest BCUT2D eigenvalue weighted by Gasteiger charge is -2.20. The van der Waals surface area contributed by atoms with Crippen LogP contribution in [-0.2, 0) is 6.18 Å². The number of imidazole rings is 1. The van der Waals surface area contributed by atoms with E-state index in [4.69, 9.17) is 11.1 Å². The maximum Gasteiger partial charge on any atom is 0.417 e. The summed E-state index contributed by atoms with van der Waals surface area (Å²) in [7, 11) is 0. The maximum absolute atomic E-state index is 12.9. The number of halogens is 3. The minimum absolute atomic E-state index is 0.00415. The number of benzene rings is 1. The zero-order valence-electron chi connectivity index (χ0n) is 10.5. The lowest BCUT2D eigenvalue weighted by molar-refractivity contribution is -0.137. The molecule has 0 aliphatic rings. The van der Waals surface area contributed by atoms with Gasteiger partial charge in [0.1, 0.15) is 5.82 Å². The highest BCUT2D eigenvalue weighted by atomic mass is 19.4. The van der Waals surface area contributed by atoms with E-state index in [1.165, 1.54) is 24.7 Å². The van der Waals surface area contributed by atoms with Crippen LogP contribution in [0.3, 0.4) is 0 Å². The standard InChI is InChI=1S/C12H10F3N5O/c13-12(14,15)8-4-2-1-3-7(8)10(21)20(11(16)17)9-5-18-6-19-9/h1-6H,(H3,16,17)(H,18,19). The Morgan fingerprint density at radius 1 is 1.33 bits per heavy atom. The minimum atomic E-state index is -4.69. The van der Waals surface area contributed by atoms with Crippen molar-refractivity contribution in [3.05, 3.63) is 47.9 Å². The average molecular weight is 297 g/mol. The summed E-state index contributed by atoms with van der Waals surface area (Å²) >= 11 is 0. The summed E-state index contributed by atoms with van der Waals surface area (Å²) in [6.07, 6.45) is -2.30. The highest BCUT2D eigenvalue weighted by molar-refractivity contribution is 6.20. The van der Waals surface area contributed by atoms with E-state index in [1.54, 1.807) is 0 Å². The molecule has 4 N–H and O–H groups in total. The summed E-state index contributed by atoms with van der Waals surface area (Å²) in [4.78, 5) is 19.1. The number of nitrogens with one attached hydrogen (secondary N) is 2. The van der Waals surface area contributed by atoms with Gasteiger partial charge in [-0.05, 0) is 12.1 Å². The Bertz CT molecular complexity index is 666. The fourth-order valence-corrected chi connectivity index (χ4v) is 1.76. The monoisotopic (exact) mass is 297 g/mol. The minimum Gasteiger partial charge on any atom is -0.369 e. The molecule has 0 saturated carbocycles. The third-order valence-corrected chi connectivity index (χ3v) is 2.63. The molecule has 0 bridgehead atoms. The molecule has 2 rings (SSSR count). The van der Waals surface area contributed by atoms with Crippen molar-refractivity contribution in [1.29, 1.82) is 5.41 Å². The van der Waals surface area contributed by atoms with Crippen molar-refractivity contribution in [2.24, 2.45) is 5.73 Å². The molecule has 0 aliphatic heterocycles. The summed E-state index contributed by atoms with van der Waals surface area (Å²) in [5, 5.41) is 7.39. The van der Waals surface area contributed by atoms with Gasteiger partial charge >= 0.3 is 6.18 Å².